The van der Waals surface area contributed by atoms with Gasteiger partial charge in [-0.1, -0.05) is 11.6 Å². The van der Waals surface area contributed by atoms with E-state index in [4.69, 9.17) is 25.8 Å². The van der Waals surface area contributed by atoms with Crippen molar-refractivity contribution >= 4 is 17.5 Å². The topological polar surface area (TPSA) is 71.8 Å². The molecule has 1 heterocycles. The summed E-state index contributed by atoms with van der Waals surface area (Å²) in [5.74, 6) is -0.489. The van der Waals surface area contributed by atoms with Gasteiger partial charge >= 0.3 is 6.18 Å². The van der Waals surface area contributed by atoms with Crippen LogP contribution < -0.4 is 14.2 Å². The number of nitriles is 1. The Hall–Kier alpha value is -3.12. The maximum absolute atomic E-state index is 13.1. The minimum Gasteiger partial charge on any atom is -0.494 e. The molecule has 31 heavy (non-hydrogen) atoms. The Bertz CT molecular complexity index is 999. The fraction of sp³-hybridized carbons (Fsp3) is 0.333. The fourth-order valence-corrected chi connectivity index (χ4v) is 3.09. The van der Waals surface area contributed by atoms with Crippen LogP contribution in [0.3, 0.4) is 0 Å². The normalized spacial score (nSPS) is 14.9. The van der Waals surface area contributed by atoms with Crippen molar-refractivity contribution < 1.29 is 32.2 Å². The third kappa shape index (κ3) is 4.97. The molecule has 0 N–H and O–H groups in total. The smallest absolute Gasteiger partial charge is 0.425 e. The summed E-state index contributed by atoms with van der Waals surface area (Å²) in [4.78, 5) is 14.5. The SMILES string of the molecule is COc1c(C#N)ccc(O[C@@H](C)C(F)(F)F)c1C(=O)N1CC(Oc2ccc(Cl)cc2)C1. The maximum Gasteiger partial charge on any atom is 0.425 e. The molecule has 0 saturated carbocycles. The number of hydrogen-bond acceptors (Lipinski definition) is 5. The Balaban J connectivity index is 1.80. The Morgan fingerprint density at radius 2 is 1.87 bits per heavy atom. The van der Waals surface area contributed by atoms with E-state index in [0.29, 0.717) is 10.8 Å². The second-order valence-electron chi connectivity index (χ2n) is 6.84. The van der Waals surface area contributed by atoms with Gasteiger partial charge in [-0.2, -0.15) is 18.4 Å². The average molecular weight is 455 g/mol. The fourth-order valence-electron chi connectivity index (χ4n) is 2.96. The van der Waals surface area contributed by atoms with Crippen molar-refractivity contribution in [2.24, 2.45) is 0 Å². The van der Waals surface area contributed by atoms with Gasteiger partial charge in [0.2, 0.25) is 0 Å². The number of ether oxygens (including phenoxy) is 3. The highest BCUT2D eigenvalue weighted by Gasteiger charge is 2.40. The van der Waals surface area contributed by atoms with Crippen LogP contribution in [0.1, 0.15) is 22.8 Å². The lowest BCUT2D eigenvalue weighted by Crippen LogP contribution is -2.56. The Labute approximate surface area is 181 Å². The molecule has 0 unspecified atom stereocenters. The molecule has 1 aliphatic rings. The van der Waals surface area contributed by atoms with Crippen LogP contribution in [-0.2, 0) is 0 Å². The van der Waals surface area contributed by atoms with Gasteiger partial charge in [-0.15, -0.1) is 0 Å². The van der Waals surface area contributed by atoms with Gasteiger partial charge in [0.05, 0.1) is 25.8 Å². The zero-order valence-electron chi connectivity index (χ0n) is 16.6. The molecule has 164 valence electrons. The molecule has 10 heteroatoms. The second-order valence-corrected chi connectivity index (χ2v) is 7.27. The highest BCUT2D eigenvalue weighted by Crippen LogP contribution is 2.36. The highest BCUT2D eigenvalue weighted by molar-refractivity contribution is 6.30. The van der Waals surface area contributed by atoms with E-state index in [1.54, 1.807) is 24.3 Å². The number of amides is 1. The Morgan fingerprint density at radius 1 is 1.23 bits per heavy atom. The van der Waals surface area contributed by atoms with Crippen LogP contribution >= 0.6 is 11.6 Å². The first kappa shape index (κ1) is 22.6. The molecule has 1 saturated heterocycles. The highest BCUT2D eigenvalue weighted by atomic mass is 35.5. The van der Waals surface area contributed by atoms with Crippen molar-refractivity contribution in [2.45, 2.75) is 25.3 Å². The van der Waals surface area contributed by atoms with Crippen LogP contribution in [0, 0.1) is 11.3 Å². The first-order chi connectivity index (χ1) is 14.6. The molecule has 2 aromatic rings. The number of carbonyl (C=O) groups excluding carboxylic acids is 1. The predicted molar refractivity (Wildman–Crippen MR) is 106 cm³/mol. The molecule has 0 bridgehead atoms. The zero-order chi connectivity index (χ0) is 22.8. The van der Waals surface area contributed by atoms with Gasteiger partial charge < -0.3 is 19.1 Å². The lowest BCUT2D eigenvalue weighted by Gasteiger charge is -2.39. The largest absolute Gasteiger partial charge is 0.494 e. The van der Waals surface area contributed by atoms with E-state index in [0.717, 1.165) is 13.0 Å². The second kappa shape index (κ2) is 8.94. The summed E-state index contributed by atoms with van der Waals surface area (Å²) in [5.41, 5.74) is -0.227. The van der Waals surface area contributed by atoms with Crippen molar-refractivity contribution in [1.82, 2.24) is 4.90 Å². The van der Waals surface area contributed by atoms with E-state index in [1.165, 1.54) is 18.1 Å². The number of carbonyl (C=O) groups is 1. The first-order valence-electron chi connectivity index (χ1n) is 9.20. The molecule has 1 atom stereocenters. The zero-order valence-corrected chi connectivity index (χ0v) is 17.3. The minimum absolute atomic E-state index is 0.00681. The lowest BCUT2D eigenvalue weighted by atomic mass is 10.0. The number of alkyl halides is 3. The Morgan fingerprint density at radius 3 is 2.42 bits per heavy atom. The van der Waals surface area contributed by atoms with E-state index in [1.807, 2.05) is 6.07 Å². The first-order valence-corrected chi connectivity index (χ1v) is 9.57. The van der Waals surface area contributed by atoms with E-state index >= 15 is 0 Å². The van der Waals surface area contributed by atoms with E-state index < -0.39 is 18.2 Å². The summed E-state index contributed by atoms with van der Waals surface area (Å²) in [6.45, 7) is 1.24. The summed E-state index contributed by atoms with van der Waals surface area (Å²) >= 11 is 5.84. The predicted octanol–water partition coefficient (Wildman–Crippen LogP) is 4.45. The number of hydrogen-bond donors (Lipinski definition) is 0. The summed E-state index contributed by atoms with van der Waals surface area (Å²) in [5, 5.41) is 9.85. The molecule has 0 spiro atoms. The van der Waals surface area contributed by atoms with E-state index in [9.17, 15) is 23.2 Å². The lowest BCUT2D eigenvalue weighted by molar-refractivity contribution is -0.189. The third-order valence-corrected chi connectivity index (χ3v) is 4.93. The van der Waals surface area contributed by atoms with Crippen molar-refractivity contribution in [3.63, 3.8) is 0 Å². The maximum atomic E-state index is 13.1. The number of likely N-dealkylation sites (tertiary alicyclic amines) is 1. The quantitative estimate of drug-likeness (QED) is 0.644. The van der Waals surface area contributed by atoms with Gasteiger partial charge in [0.1, 0.15) is 29.2 Å². The molecule has 0 aliphatic carbocycles. The molecule has 1 amide bonds. The van der Waals surface area contributed by atoms with Crippen LogP contribution in [0.5, 0.6) is 17.2 Å². The van der Waals surface area contributed by atoms with Gasteiger partial charge in [-0.05, 0) is 43.3 Å². The van der Waals surface area contributed by atoms with Crippen molar-refractivity contribution in [3.8, 4) is 23.3 Å². The molecule has 0 radical (unpaired) electrons. The molecule has 0 aromatic heterocycles. The van der Waals surface area contributed by atoms with Gasteiger partial charge in [0.15, 0.2) is 11.9 Å². The minimum atomic E-state index is -4.63. The van der Waals surface area contributed by atoms with Crippen molar-refractivity contribution in [3.05, 3.63) is 52.5 Å². The van der Waals surface area contributed by atoms with Gasteiger partial charge in [-0.25, -0.2) is 0 Å². The van der Waals surface area contributed by atoms with E-state index in [2.05, 4.69) is 0 Å². The molecule has 2 aromatic carbocycles. The number of benzene rings is 2. The molecule has 3 rings (SSSR count). The summed E-state index contributed by atoms with van der Waals surface area (Å²) in [6.07, 6.45) is -7.08. The average Bonchev–Trinajstić information content (AvgIpc) is 2.70. The van der Waals surface area contributed by atoms with Crippen LogP contribution in [0.2, 0.25) is 5.02 Å². The Kier molecular flexibility index (Phi) is 6.51. The van der Waals surface area contributed by atoms with Gasteiger partial charge in [-0.3, -0.25) is 4.79 Å². The van der Waals surface area contributed by atoms with Crippen LogP contribution in [0.4, 0.5) is 13.2 Å². The number of nitrogens with zero attached hydrogens (tertiary/aromatic N) is 2. The van der Waals surface area contributed by atoms with Crippen LogP contribution in [0.15, 0.2) is 36.4 Å². The molecular formula is C21H18ClF3N2O4. The van der Waals surface area contributed by atoms with E-state index in [-0.39, 0.29) is 41.8 Å². The van der Waals surface area contributed by atoms with Crippen LogP contribution in [-0.4, -0.2) is 49.4 Å². The number of halogens is 4. The van der Waals surface area contributed by atoms with Crippen LogP contribution in [0.25, 0.3) is 0 Å². The summed E-state index contributed by atoms with van der Waals surface area (Å²) in [7, 11) is 1.23. The molecule has 1 aliphatic heterocycles. The van der Waals surface area contributed by atoms with Crippen molar-refractivity contribution in [2.75, 3.05) is 20.2 Å². The molecule has 6 nitrogen and oxygen atoms in total. The molecule has 1 fully saturated rings. The summed E-state index contributed by atoms with van der Waals surface area (Å²) in [6, 6.07) is 11.0. The third-order valence-electron chi connectivity index (χ3n) is 4.67. The van der Waals surface area contributed by atoms with Crippen molar-refractivity contribution in [1.29, 1.82) is 5.26 Å². The van der Waals surface area contributed by atoms with Gasteiger partial charge in [0, 0.05) is 5.02 Å². The molecular weight excluding hydrogens is 437 g/mol. The monoisotopic (exact) mass is 454 g/mol. The van der Waals surface area contributed by atoms with Gasteiger partial charge in [0.25, 0.3) is 5.91 Å². The standard InChI is InChI=1S/C21H18ClF3N2O4/c1-12(21(23,24)25)30-17-8-3-13(9-26)19(29-2)18(17)20(28)27-10-16(11-27)31-15-6-4-14(22)5-7-15/h3-8,12,16H,10-11H2,1-2H3/t12-/m0/s1. The summed E-state index contributed by atoms with van der Waals surface area (Å²) < 4.78 is 54.9. The number of rotatable bonds is 6. The number of methoxy groups -OCH3 is 1.